The van der Waals surface area contributed by atoms with E-state index in [0.29, 0.717) is 17.1 Å². The molecule has 1 atom stereocenters. The van der Waals surface area contributed by atoms with Gasteiger partial charge >= 0.3 is 0 Å². The molecule has 2 aliphatic heterocycles. The Morgan fingerprint density at radius 1 is 1.22 bits per heavy atom. The summed E-state index contributed by atoms with van der Waals surface area (Å²) in [5.41, 5.74) is 1.54. The van der Waals surface area contributed by atoms with E-state index in [-0.39, 0.29) is 11.4 Å². The molecule has 32 heavy (non-hydrogen) atoms. The Morgan fingerprint density at radius 2 is 1.91 bits per heavy atom. The van der Waals surface area contributed by atoms with Crippen molar-refractivity contribution < 1.29 is 19.4 Å². The van der Waals surface area contributed by atoms with Crippen molar-refractivity contribution in [1.82, 2.24) is 14.8 Å². The number of hydrogen-bond acceptors (Lipinski definition) is 7. The van der Waals surface area contributed by atoms with E-state index in [9.17, 15) is 14.7 Å². The predicted molar refractivity (Wildman–Crippen MR) is 126 cm³/mol. The van der Waals surface area contributed by atoms with Gasteiger partial charge in [0.2, 0.25) is 5.78 Å². The van der Waals surface area contributed by atoms with Gasteiger partial charge in [0, 0.05) is 30.7 Å². The summed E-state index contributed by atoms with van der Waals surface area (Å²) in [5.74, 6) is -1.29. The Labute approximate surface area is 199 Å². The van der Waals surface area contributed by atoms with E-state index in [0.717, 1.165) is 54.3 Å². The van der Waals surface area contributed by atoms with Gasteiger partial charge in [0.15, 0.2) is 5.76 Å². The Morgan fingerprint density at radius 3 is 2.53 bits per heavy atom. The molecule has 2 aromatic rings. The van der Waals surface area contributed by atoms with Crippen molar-refractivity contribution in [2.75, 3.05) is 39.4 Å². The number of amides is 1. The van der Waals surface area contributed by atoms with E-state index in [1.54, 1.807) is 11.8 Å². The molecule has 0 spiro atoms. The summed E-state index contributed by atoms with van der Waals surface area (Å²) in [6.45, 7) is 8.09. The van der Waals surface area contributed by atoms with Crippen LogP contribution in [0.3, 0.4) is 0 Å². The van der Waals surface area contributed by atoms with E-state index < -0.39 is 17.7 Å². The molecule has 0 aliphatic carbocycles. The molecule has 4 rings (SSSR count). The van der Waals surface area contributed by atoms with Crippen LogP contribution < -0.4 is 0 Å². The van der Waals surface area contributed by atoms with Gasteiger partial charge in [0.25, 0.3) is 5.91 Å². The lowest BCUT2D eigenvalue weighted by molar-refractivity contribution is -0.129. The Hall–Kier alpha value is -2.07. The standard InChI is InChI=1S/C23H26BrN3O4S/c1-14-22(32-15(2)25-14)20(28)18-19(16-4-6-17(24)7-5-16)27(23(30)21(18)29)9-3-8-26-10-12-31-13-11-26/h4-7,19,29H,3,8-13H2,1-2H3/t19-/m0/s1. The third-order valence-electron chi connectivity index (χ3n) is 5.82. The van der Waals surface area contributed by atoms with Crippen LogP contribution in [0.2, 0.25) is 0 Å². The highest BCUT2D eigenvalue weighted by Crippen LogP contribution is 2.40. The average molecular weight is 520 g/mol. The number of Topliss-reactive ketones (excluding diaryl/α,β-unsaturated/α-hetero) is 1. The molecule has 3 heterocycles. The molecule has 0 bridgehead atoms. The summed E-state index contributed by atoms with van der Waals surface area (Å²) in [4.78, 5) is 35.3. The maximum absolute atomic E-state index is 13.5. The quantitative estimate of drug-likeness (QED) is 0.559. The van der Waals surface area contributed by atoms with Gasteiger partial charge in [-0.25, -0.2) is 4.98 Å². The number of nitrogens with zero attached hydrogens (tertiary/aromatic N) is 3. The number of aromatic nitrogens is 1. The van der Waals surface area contributed by atoms with Crippen LogP contribution in [0.15, 0.2) is 40.1 Å². The molecule has 7 nitrogen and oxygen atoms in total. The van der Waals surface area contributed by atoms with Crippen LogP contribution in [0.4, 0.5) is 0 Å². The number of aliphatic hydroxyl groups is 1. The van der Waals surface area contributed by atoms with E-state index in [4.69, 9.17) is 4.74 Å². The minimum Gasteiger partial charge on any atom is -0.503 e. The summed E-state index contributed by atoms with van der Waals surface area (Å²) in [6.07, 6.45) is 0.742. The molecular formula is C23H26BrN3O4S. The summed E-state index contributed by atoms with van der Waals surface area (Å²) >= 11 is 4.73. The Bertz CT molecular complexity index is 1040. The summed E-state index contributed by atoms with van der Waals surface area (Å²) in [7, 11) is 0. The third kappa shape index (κ3) is 4.66. The van der Waals surface area contributed by atoms with E-state index in [1.807, 2.05) is 31.2 Å². The number of hydrogen-bond donors (Lipinski definition) is 1. The van der Waals surface area contributed by atoms with E-state index in [2.05, 4.69) is 25.8 Å². The van der Waals surface area contributed by atoms with Gasteiger partial charge in [-0.05, 0) is 38.0 Å². The minimum absolute atomic E-state index is 0.135. The Kier molecular flexibility index (Phi) is 7.09. The van der Waals surface area contributed by atoms with Crippen molar-refractivity contribution in [3.8, 4) is 0 Å². The predicted octanol–water partition coefficient (Wildman–Crippen LogP) is 3.82. The van der Waals surface area contributed by atoms with Crippen molar-refractivity contribution in [2.24, 2.45) is 0 Å². The second-order valence-electron chi connectivity index (χ2n) is 8.00. The van der Waals surface area contributed by atoms with Crippen molar-refractivity contribution in [3.63, 3.8) is 0 Å². The number of rotatable bonds is 7. The van der Waals surface area contributed by atoms with Crippen molar-refractivity contribution in [3.05, 3.63) is 61.2 Å². The molecule has 1 aromatic carbocycles. The van der Waals surface area contributed by atoms with Gasteiger partial charge in [0.05, 0.1) is 40.4 Å². The minimum atomic E-state index is -0.630. The molecule has 1 fully saturated rings. The molecular weight excluding hydrogens is 494 g/mol. The van der Waals surface area contributed by atoms with Gasteiger partial charge in [-0.2, -0.15) is 0 Å². The van der Waals surface area contributed by atoms with Crippen LogP contribution in [0, 0.1) is 13.8 Å². The number of aryl methyl sites for hydroxylation is 2. The summed E-state index contributed by atoms with van der Waals surface area (Å²) in [6, 6.07) is 6.90. The molecule has 1 N–H and O–H groups in total. The highest BCUT2D eigenvalue weighted by Gasteiger charge is 2.44. The first-order chi connectivity index (χ1) is 15.4. The van der Waals surface area contributed by atoms with Crippen molar-refractivity contribution in [1.29, 1.82) is 0 Å². The fourth-order valence-corrected chi connectivity index (χ4v) is 5.40. The van der Waals surface area contributed by atoms with Crippen LogP contribution in [0.1, 0.15) is 38.4 Å². The van der Waals surface area contributed by atoms with E-state index >= 15 is 0 Å². The van der Waals surface area contributed by atoms with Crippen LogP contribution in [0.5, 0.6) is 0 Å². The number of ketones is 1. The lowest BCUT2D eigenvalue weighted by atomic mass is 9.95. The van der Waals surface area contributed by atoms with Gasteiger partial charge in [0.1, 0.15) is 0 Å². The van der Waals surface area contributed by atoms with Gasteiger partial charge in [-0.3, -0.25) is 14.5 Å². The summed E-state index contributed by atoms with van der Waals surface area (Å²) < 4.78 is 6.30. The number of morpholine rings is 1. The second-order valence-corrected chi connectivity index (χ2v) is 10.1. The molecule has 0 radical (unpaired) electrons. The molecule has 0 saturated carbocycles. The molecule has 9 heteroatoms. The molecule has 1 saturated heterocycles. The Balaban J connectivity index is 1.63. The maximum Gasteiger partial charge on any atom is 0.290 e. The first-order valence-electron chi connectivity index (χ1n) is 10.6. The van der Waals surface area contributed by atoms with Crippen molar-refractivity contribution >= 4 is 39.0 Å². The number of halogens is 1. The first-order valence-corrected chi connectivity index (χ1v) is 12.3. The highest BCUT2D eigenvalue weighted by molar-refractivity contribution is 9.10. The third-order valence-corrected chi connectivity index (χ3v) is 7.42. The molecule has 2 aliphatic rings. The van der Waals surface area contributed by atoms with Gasteiger partial charge in [-0.1, -0.05) is 28.1 Å². The lowest BCUT2D eigenvalue weighted by Crippen LogP contribution is -2.39. The number of benzene rings is 1. The fourth-order valence-electron chi connectivity index (χ4n) is 4.26. The van der Waals surface area contributed by atoms with Crippen LogP contribution in [-0.2, 0) is 9.53 Å². The first kappa shape index (κ1) is 23.1. The zero-order chi connectivity index (χ0) is 22.8. The monoisotopic (exact) mass is 519 g/mol. The number of carbonyl (C=O) groups is 2. The largest absolute Gasteiger partial charge is 0.503 e. The molecule has 170 valence electrons. The smallest absolute Gasteiger partial charge is 0.290 e. The average Bonchev–Trinajstić information content (AvgIpc) is 3.25. The lowest BCUT2D eigenvalue weighted by Gasteiger charge is -2.30. The fraction of sp³-hybridized carbons (Fsp3) is 0.435. The topological polar surface area (TPSA) is 83.0 Å². The van der Waals surface area contributed by atoms with E-state index in [1.165, 1.54) is 11.3 Å². The maximum atomic E-state index is 13.5. The zero-order valence-corrected chi connectivity index (χ0v) is 20.5. The molecule has 0 unspecified atom stereocenters. The molecule has 1 aromatic heterocycles. The number of carbonyl (C=O) groups excluding carboxylic acids is 2. The normalized spacial score (nSPS) is 19.8. The van der Waals surface area contributed by atoms with Crippen LogP contribution in [0.25, 0.3) is 0 Å². The van der Waals surface area contributed by atoms with Crippen LogP contribution >= 0.6 is 27.3 Å². The SMILES string of the molecule is Cc1nc(C)c(C(=O)C2=C(O)C(=O)N(CCCN3CCOCC3)[C@H]2c2ccc(Br)cc2)s1. The highest BCUT2D eigenvalue weighted by atomic mass is 79.9. The van der Waals surface area contributed by atoms with Crippen molar-refractivity contribution in [2.45, 2.75) is 26.3 Å². The van der Waals surface area contributed by atoms with Gasteiger partial charge < -0.3 is 14.7 Å². The number of aliphatic hydroxyl groups excluding tert-OH is 1. The number of ether oxygens (including phenoxy) is 1. The van der Waals surface area contributed by atoms with Crippen LogP contribution in [-0.4, -0.2) is 71.0 Å². The molecule has 1 amide bonds. The number of thiazole rings is 1. The zero-order valence-electron chi connectivity index (χ0n) is 18.1. The van der Waals surface area contributed by atoms with Gasteiger partial charge in [-0.15, -0.1) is 11.3 Å². The summed E-state index contributed by atoms with van der Waals surface area (Å²) in [5, 5.41) is 11.6. The second kappa shape index (κ2) is 9.82.